The Balaban J connectivity index is 2.64. The third-order valence-electron chi connectivity index (χ3n) is 2.50. The second kappa shape index (κ2) is 5.04. The van der Waals surface area contributed by atoms with Gasteiger partial charge in [0.25, 0.3) is 0 Å². The second-order valence-electron chi connectivity index (χ2n) is 3.65. The molecule has 0 spiro atoms. The highest BCUT2D eigenvalue weighted by molar-refractivity contribution is 6.32. The van der Waals surface area contributed by atoms with E-state index in [1.165, 1.54) is 30.5 Å². The topological polar surface area (TPSA) is 74.0 Å². The van der Waals surface area contributed by atoms with Gasteiger partial charge in [0, 0.05) is 17.3 Å². The number of hydrogen-bond acceptors (Lipinski definition) is 3. The van der Waals surface area contributed by atoms with Crippen molar-refractivity contribution in [1.82, 2.24) is 4.98 Å². The fraction of sp³-hybridized carbons (Fsp3) is 0. The first kappa shape index (κ1) is 13.0. The number of benzene rings is 1. The van der Waals surface area contributed by atoms with Crippen LogP contribution in [0.4, 0.5) is 4.39 Å². The maximum absolute atomic E-state index is 14.0. The van der Waals surface area contributed by atoms with Crippen LogP contribution in [0.25, 0.3) is 11.1 Å². The molecule has 94 valence electrons. The van der Waals surface area contributed by atoms with Crippen molar-refractivity contribution in [2.24, 2.45) is 0 Å². The van der Waals surface area contributed by atoms with E-state index in [9.17, 15) is 9.18 Å². The average molecular weight is 277 g/mol. The van der Waals surface area contributed by atoms with Crippen LogP contribution in [-0.2, 0) is 0 Å². The number of rotatable bonds is 2. The minimum atomic E-state index is -1.25. The molecule has 0 amide bonds. The molecule has 0 aliphatic rings. The largest absolute Gasteiger partial charge is 0.478 e. The van der Waals surface area contributed by atoms with Gasteiger partial charge in [-0.3, -0.25) is 0 Å². The minimum Gasteiger partial charge on any atom is -0.478 e. The van der Waals surface area contributed by atoms with Gasteiger partial charge >= 0.3 is 5.97 Å². The number of aromatic nitrogens is 1. The molecule has 0 fully saturated rings. The van der Waals surface area contributed by atoms with Gasteiger partial charge < -0.3 is 5.11 Å². The van der Waals surface area contributed by atoms with Crippen molar-refractivity contribution >= 4 is 17.6 Å². The standard InChI is InChI=1S/C13H6ClFN2O2/c14-12-10(13(18)19)4-8(6-17-12)9-3-1-2-7(5-16)11(9)15/h1-4,6H,(H,18,19). The molecule has 1 aromatic carbocycles. The lowest BCUT2D eigenvalue weighted by Gasteiger charge is -2.06. The van der Waals surface area contributed by atoms with E-state index in [4.69, 9.17) is 22.0 Å². The van der Waals surface area contributed by atoms with Crippen LogP contribution < -0.4 is 0 Å². The van der Waals surface area contributed by atoms with Crippen LogP contribution in [0.1, 0.15) is 15.9 Å². The monoisotopic (exact) mass is 276 g/mol. The number of aromatic carboxylic acids is 1. The summed E-state index contributed by atoms with van der Waals surface area (Å²) in [6.07, 6.45) is 1.26. The molecule has 0 unspecified atom stereocenters. The van der Waals surface area contributed by atoms with Crippen molar-refractivity contribution in [1.29, 1.82) is 5.26 Å². The van der Waals surface area contributed by atoms with Crippen molar-refractivity contribution in [3.8, 4) is 17.2 Å². The molecular formula is C13H6ClFN2O2. The van der Waals surface area contributed by atoms with E-state index in [0.717, 1.165) is 0 Å². The fourth-order valence-electron chi connectivity index (χ4n) is 1.59. The summed E-state index contributed by atoms with van der Waals surface area (Å²) in [5, 5.41) is 17.5. The van der Waals surface area contributed by atoms with Gasteiger partial charge in [0.15, 0.2) is 0 Å². The maximum atomic E-state index is 14.0. The first-order chi connectivity index (χ1) is 9.04. The summed E-state index contributed by atoms with van der Waals surface area (Å²) in [4.78, 5) is 14.7. The highest BCUT2D eigenvalue weighted by atomic mass is 35.5. The van der Waals surface area contributed by atoms with Gasteiger partial charge in [-0.2, -0.15) is 5.26 Å². The molecule has 2 aromatic rings. The van der Waals surface area contributed by atoms with E-state index < -0.39 is 11.8 Å². The summed E-state index contributed by atoms with van der Waals surface area (Å²) >= 11 is 5.64. The Morgan fingerprint density at radius 1 is 1.47 bits per heavy atom. The van der Waals surface area contributed by atoms with Crippen molar-refractivity contribution < 1.29 is 14.3 Å². The number of nitriles is 1. The molecule has 0 saturated carbocycles. The number of hydrogen-bond donors (Lipinski definition) is 1. The smallest absolute Gasteiger partial charge is 0.338 e. The molecule has 0 saturated heterocycles. The van der Waals surface area contributed by atoms with Gasteiger partial charge in [-0.15, -0.1) is 0 Å². The Morgan fingerprint density at radius 3 is 2.84 bits per heavy atom. The average Bonchev–Trinajstić information content (AvgIpc) is 2.39. The Kier molecular flexibility index (Phi) is 3.45. The number of nitrogens with zero attached hydrogens (tertiary/aromatic N) is 2. The first-order valence-electron chi connectivity index (χ1n) is 5.12. The summed E-state index contributed by atoms with van der Waals surface area (Å²) in [7, 11) is 0. The molecule has 0 atom stereocenters. The van der Waals surface area contributed by atoms with Gasteiger partial charge in [-0.25, -0.2) is 14.2 Å². The molecule has 2 rings (SSSR count). The highest BCUT2D eigenvalue weighted by Crippen LogP contribution is 2.27. The van der Waals surface area contributed by atoms with E-state index in [0.29, 0.717) is 0 Å². The highest BCUT2D eigenvalue weighted by Gasteiger charge is 2.15. The lowest BCUT2D eigenvalue weighted by atomic mass is 10.0. The van der Waals surface area contributed by atoms with Crippen molar-refractivity contribution in [2.75, 3.05) is 0 Å². The zero-order valence-corrected chi connectivity index (χ0v) is 10.1. The summed E-state index contributed by atoms with van der Waals surface area (Å²) in [6.45, 7) is 0. The predicted octanol–water partition coefficient (Wildman–Crippen LogP) is 3.11. The molecule has 4 nitrogen and oxygen atoms in total. The summed E-state index contributed by atoms with van der Waals surface area (Å²) in [5.74, 6) is -1.97. The zero-order valence-electron chi connectivity index (χ0n) is 9.39. The summed E-state index contributed by atoms with van der Waals surface area (Å²) in [6, 6.07) is 7.21. The van der Waals surface area contributed by atoms with Crippen LogP contribution in [0.3, 0.4) is 0 Å². The van der Waals surface area contributed by atoms with Crippen molar-refractivity contribution in [3.05, 3.63) is 52.6 Å². The van der Waals surface area contributed by atoms with E-state index >= 15 is 0 Å². The van der Waals surface area contributed by atoms with Crippen LogP contribution in [0, 0.1) is 17.1 Å². The maximum Gasteiger partial charge on any atom is 0.338 e. The number of halogens is 2. The van der Waals surface area contributed by atoms with Gasteiger partial charge in [0.1, 0.15) is 17.0 Å². The normalized spacial score (nSPS) is 9.95. The molecule has 0 aliphatic carbocycles. The molecule has 1 aromatic heterocycles. The van der Waals surface area contributed by atoms with Crippen LogP contribution in [0.15, 0.2) is 30.5 Å². The number of carboxylic acids is 1. The second-order valence-corrected chi connectivity index (χ2v) is 4.00. The molecular weight excluding hydrogens is 271 g/mol. The first-order valence-corrected chi connectivity index (χ1v) is 5.50. The van der Waals surface area contributed by atoms with E-state index in [1.54, 1.807) is 6.07 Å². The molecule has 1 N–H and O–H groups in total. The Hall–Kier alpha value is -2.45. The molecule has 19 heavy (non-hydrogen) atoms. The Morgan fingerprint density at radius 2 is 2.21 bits per heavy atom. The SMILES string of the molecule is N#Cc1cccc(-c2cnc(Cl)c(C(=O)O)c2)c1F. The number of pyridine rings is 1. The summed E-state index contributed by atoms with van der Waals surface area (Å²) < 4.78 is 14.0. The van der Waals surface area contributed by atoms with Gasteiger partial charge in [-0.05, 0) is 12.1 Å². The van der Waals surface area contributed by atoms with Gasteiger partial charge in [-0.1, -0.05) is 23.7 Å². The van der Waals surface area contributed by atoms with Crippen LogP contribution in [0.2, 0.25) is 5.15 Å². The molecule has 0 radical (unpaired) electrons. The molecule has 0 bridgehead atoms. The van der Waals surface area contributed by atoms with Crippen LogP contribution in [-0.4, -0.2) is 16.1 Å². The van der Waals surface area contributed by atoms with Gasteiger partial charge in [0.05, 0.1) is 11.1 Å². The zero-order chi connectivity index (χ0) is 14.0. The van der Waals surface area contributed by atoms with Crippen LogP contribution >= 0.6 is 11.6 Å². The molecule has 1 heterocycles. The van der Waals surface area contributed by atoms with Crippen molar-refractivity contribution in [3.63, 3.8) is 0 Å². The lowest BCUT2D eigenvalue weighted by Crippen LogP contribution is -2.00. The van der Waals surface area contributed by atoms with E-state index in [2.05, 4.69) is 4.98 Å². The Labute approximate surface area is 112 Å². The van der Waals surface area contributed by atoms with E-state index in [-0.39, 0.29) is 27.4 Å². The van der Waals surface area contributed by atoms with Crippen LogP contribution in [0.5, 0.6) is 0 Å². The third kappa shape index (κ3) is 2.39. The fourth-order valence-corrected chi connectivity index (χ4v) is 1.77. The number of carboxylic acid groups (broad SMARTS) is 1. The van der Waals surface area contributed by atoms with Gasteiger partial charge in [0.2, 0.25) is 0 Å². The van der Waals surface area contributed by atoms with Crippen molar-refractivity contribution in [2.45, 2.75) is 0 Å². The predicted molar refractivity (Wildman–Crippen MR) is 66.3 cm³/mol. The Bertz CT molecular complexity index is 710. The number of carbonyl (C=O) groups is 1. The molecule has 0 aliphatic heterocycles. The molecule has 6 heteroatoms. The third-order valence-corrected chi connectivity index (χ3v) is 2.80. The minimum absolute atomic E-state index is 0.103. The quantitative estimate of drug-likeness (QED) is 0.855. The van der Waals surface area contributed by atoms with E-state index in [1.807, 2.05) is 0 Å². The lowest BCUT2D eigenvalue weighted by molar-refractivity contribution is 0.0696. The summed E-state index contributed by atoms with van der Waals surface area (Å²) in [5.41, 5.74) is 0.00682.